The van der Waals surface area contributed by atoms with Crippen molar-refractivity contribution < 1.29 is 14.5 Å². The number of benzene rings is 2. The minimum atomic E-state index is -0.524. The molecule has 0 saturated heterocycles. The second-order valence-corrected chi connectivity index (χ2v) is 5.21. The molecule has 22 heavy (non-hydrogen) atoms. The van der Waals surface area contributed by atoms with Crippen LogP contribution < -0.4 is 10.1 Å². The molecular formula is C15H14N2O4S. The van der Waals surface area contributed by atoms with Crippen LogP contribution in [-0.2, 0) is 0 Å². The van der Waals surface area contributed by atoms with Crippen LogP contribution in [0.3, 0.4) is 0 Å². The fraction of sp³-hybridized carbons (Fsp3) is 0.133. The first kappa shape index (κ1) is 15.8. The highest BCUT2D eigenvalue weighted by Crippen LogP contribution is 2.29. The van der Waals surface area contributed by atoms with Crippen LogP contribution >= 0.6 is 11.8 Å². The predicted molar refractivity (Wildman–Crippen MR) is 85.8 cm³/mol. The number of methoxy groups -OCH3 is 1. The van der Waals surface area contributed by atoms with Gasteiger partial charge in [-0.3, -0.25) is 14.9 Å². The zero-order valence-electron chi connectivity index (χ0n) is 12.0. The Morgan fingerprint density at radius 2 is 2.05 bits per heavy atom. The minimum absolute atomic E-state index is 0.117. The van der Waals surface area contributed by atoms with Crippen LogP contribution in [0.2, 0.25) is 0 Å². The number of carbonyl (C=O) groups excluding carboxylic acids is 1. The van der Waals surface area contributed by atoms with Crippen LogP contribution in [0.15, 0.2) is 47.4 Å². The topological polar surface area (TPSA) is 81.5 Å². The van der Waals surface area contributed by atoms with E-state index in [4.69, 9.17) is 4.74 Å². The van der Waals surface area contributed by atoms with E-state index in [1.807, 2.05) is 12.3 Å². The average molecular weight is 318 g/mol. The molecule has 0 bridgehead atoms. The van der Waals surface area contributed by atoms with Gasteiger partial charge in [-0.25, -0.2) is 0 Å². The van der Waals surface area contributed by atoms with Crippen molar-refractivity contribution in [1.82, 2.24) is 0 Å². The summed E-state index contributed by atoms with van der Waals surface area (Å²) in [6, 6.07) is 11.2. The number of nitrogens with one attached hydrogen (secondary N) is 1. The summed E-state index contributed by atoms with van der Waals surface area (Å²) in [6.45, 7) is 0. The quantitative estimate of drug-likeness (QED) is 0.518. The SMILES string of the molecule is COc1ccc([N+](=O)[O-])cc1NC(=O)c1cccc(SC)c1. The van der Waals surface area contributed by atoms with Crippen molar-refractivity contribution in [2.24, 2.45) is 0 Å². The Kier molecular flexibility index (Phi) is 5.00. The Morgan fingerprint density at radius 3 is 2.68 bits per heavy atom. The normalized spacial score (nSPS) is 10.1. The fourth-order valence-electron chi connectivity index (χ4n) is 1.87. The maximum Gasteiger partial charge on any atom is 0.271 e. The van der Waals surface area contributed by atoms with Crippen LogP contribution in [0.1, 0.15) is 10.4 Å². The first-order valence-electron chi connectivity index (χ1n) is 6.33. The standard InChI is InChI=1S/C15H14N2O4S/c1-21-14-7-6-11(17(19)20)9-13(14)16-15(18)10-4-3-5-12(8-10)22-2/h3-9H,1-2H3,(H,16,18). The molecule has 2 rings (SSSR count). The molecule has 7 heteroatoms. The number of amides is 1. The Labute approximate surface area is 131 Å². The smallest absolute Gasteiger partial charge is 0.271 e. The van der Waals surface area contributed by atoms with Crippen molar-refractivity contribution in [3.05, 3.63) is 58.1 Å². The van der Waals surface area contributed by atoms with Gasteiger partial charge in [0, 0.05) is 22.6 Å². The Morgan fingerprint density at radius 1 is 1.27 bits per heavy atom. The van der Waals surface area contributed by atoms with Gasteiger partial charge in [0.2, 0.25) is 0 Å². The molecule has 2 aromatic carbocycles. The largest absolute Gasteiger partial charge is 0.495 e. The molecule has 0 saturated carbocycles. The monoisotopic (exact) mass is 318 g/mol. The molecule has 2 aromatic rings. The molecule has 0 unspecified atom stereocenters. The number of anilines is 1. The first-order valence-corrected chi connectivity index (χ1v) is 7.55. The molecular weight excluding hydrogens is 304 g/mol. The number of nitro groups is 1. The van der Waals surface area contributed by atoms with E-state index in [1.165, 1.54) is 37.1 Å². The molecule has 0 fully saturated rings. The van der Waals surface area contributed by atoms with Gasteiger partial charge in [0.1, 0.15) is 5.75 Å². The molecule has 114 valence electrons. The number of nitrogens with zero attached hydrogens (tertiary/aromatic N) is 1. The maximum absolute atomic E-state index is 12.3. The molecule has 0 aliphatic heterocycles. The highest BCUT2D eigenvalue weighted by Gasteiger charge is 2.14. The van der Waals surface area contributed by atoms with E-state index in [0.717, 1.165) is 4.90 Å². The number of rotatable bonds is 5. The summed E-state index contributed by atoms with van der Waals surface area (Å²) >= 11 is 1.53. The summed E-state index contributed by atoms with van der Waals surface area (Å²) < 4.78 is 5.12. The van der Waals surface area contributed by atoms with Crippen LogP contribution in [0, 0.1) is 10.1 Å². The minimum Gasteiger partial charge on any atom is -0.495 e. The van der Waals surface area contributed by atoms with E-state index in [2.05, 4.69) is 5.32 Å². The van der Waals surface area contributed by atoms with Gasteiger partial charge in [-0.15, -0.1) is 11.8 Å². The fourth-order valence-corrected chi connectivity index (χ4v) is 2.33. The lowest BCUT2D eigenvalue weighted by atomic mass is 10.2. The van der Waals surface area contributed by atoms with Gasteiger partial charge >= 0.3 is 0 Å². The van der Waals surface area contributed by atoms with E-state index >= 15 is 0 Å². The molecule has 1 amide bonds. The lowest BCUT2D eigenvalue weighted by Crippen LogP contribution is -2.13. The third kappa shape index (κ3) is 3.56. The summed E-state index contributed by atoms with van der Waals surface area (Å²) in [6.07, 6.45) is 1.92. The van der Waals surface area contributed by atoms with Crippen molar-refractivity contribution in [2.45, 2.75) is 4.90 Å². The number of non-ortho nitro benzene ring substituents is 1. The Bertz CT molecular complexity index is 718. The zero-order valence-corrected chi connectivity index (χ0v) is 12.8. The van der Waals surface area contributed by atoms with Gasteiger partial charge in [0.05, 0.1) is 17.7 Å². The molecule has 0 spiro atoms. The van der Waals surface area contributed by atoms with Gasteiger partial charge < -0.3 is 10.1 Å². The predicted octanol–water partition coefficient (Wildman–Crippen LogP) is 3.58. The third-order valence-corrected chi connectivity index (χ3v) is 3.70. The second-order valence-electron chi connectivity index (χ2n) is 4.33. The number of hydrogen-bond donors (Lipinski definition) is 1. The van der Waals surface area contributed by atoms with Gasteiger partial charge in [-0.05, 0) is 30.5 Å². The highest BCUT2D eigenvalue weighted by atomic mass is 32.2. The summed E-state index contributed by atoms with van der Waals surface area (Å²) in [7, 11) is 1.44. The van der Waals surface area contributed by atoms with Gasteiger partial charge in [0.15, 0.2) is 0 Å². The number of nitro benzene ring substituents is 1. The Balaban J connectivity index is 2.30. The van der Waals surface area contributed by atoms with E-state index in [9.17, 15) is 14.9 Å². The van der Waals surface area contributed by atoms with Gasteiger partial charge in [0.25, 0.3) is 11.6 Å². The van der Waals surface area contributed by atoms with Crippen molar-refractivity contribution >= 4 is 29.0 Å². The van der Waals surface area contributed by atoms with E-state index in [1.54, 1.807) is 18.2 Å². The molecule has 0 radical (unpaired) electrons. The molecule has 0 aliphatic carbocycles. The lowest BCUT2D eigenvalue weighted by molar-refractivity contribution is -0.384. The molecule has 0 heterocycles. The van der Waals surface area contributed by atoms with Crippen molar-refractivity contribution in [1.29, 1.82) is 0 Å². The average Bonchev–Trinajstić information content (AvgIpc) is 2.54. The number of thioether (sulfide) groups is 1. The van der Waals surface area contributed by atoms with Crippen LogP contribution in [0.5, 0.6) is 5.75 Å². The molecule has 0 aromatic heterocycles. The molecule has 1 N–H and O–H groups in total. The molecule has 6 nitrogen and oxygen atoms in total. The van der Waals surface area contributed by atoms with Crippen LogP contribution in [0.4, 0.5) is 11.4 Å². The van der Waals surface area contributed by atoms with Crippen LogP contribution in [0.25, 0.3) is 0 Å². The lowest BCUT2D eigenvalue weighted by Gasteiger charge is -2.10. The third-order valence-electron chi connectivity index (χ3n) is 2.97. The van der Waals surface area contributed by atoms with E-state index in [-0.39, 0.29) is 17.3 Å². The van der Waals surface area contributed by atoms with E-state index in [0.29, 0.717) is 11.3 Å². The van der Waals surface area contributed by atoms with Gasteiger partial charge in [-0.1, -0.05) is 6.07 Å². The summed E-state index contributed by atoms with van der Waals surface area (Å²) in [4.78, 5) is 23.6. The summed E-state index contributed by atoms with van der Waals surface area (Å²) in [5, 5.41) is 13.5. The van der Waals surface area contributed by atoms with Crippen molar-refractivity contribution in [2.75, 3.05) is 18.7 Å². The summed E-state index contributed by atoms with van der Waals surface area (Å²) in [5.74, 6) is 0.00895. The van der Waals surface area contributed by atoms with E-state index < -0.39 is 4.92 Å². The summed E-state index contributed by atoms with van der Waals surface area (Å²) in [5.41, 5.74) is 0.616. The first-order chi connectivity index (χ1) is 10.5. The maximum atomic E-state index is 12.3. The van der Waals surface area contributed by atoms with Crippen molar-refractivity contribution in [3.63, 3.8) is 0 Å². The zero-order chi connectivity index (χ0) is 16.1. The Hall–Kier alpha value is -2.54. The highest BCUT2D eigenvalue weighted by molar-refractivity contribution is 7.98. The number of ether oxygens (including phenoxy) is 1. The number of carbonyl (C=O) groups is 1. The van der Waals surface area contributed by atoms with Crippen LogP contribution in [-0.4, -0.2) is 24.2 Å². The molecule has 0 atom stereocenters. The second kappa shape index (κ2) is 6.95. The van der Waals surface area contributed by atoms with Gasteiger partial charge in [-0.2, -0.15) is 0 Å². The van der Waals surface area contributed by atoms with Crippen molar-refractivity contribution in [3.8, 4) is 5.75 Å². The number of hydrogen-bond acceptors (Lipinski definition) is 5. The molecule has 0 aliphatic rings.